The summed E-state index contributed by atoms with van der Waals surface area (Å²) in [5, 5.41) is 2.68. The molecule has 12 nitrogen and oxygen atoms in total. The van der Waals surface area contributed by atoms with Gasteiger partial charge in [-0.25, -0.2) is 0 Å². The molecule has 5 atom stereocenters. The molecule has 1 aliphatic heterocycles. The number of hydrogen-bond acceptors (Lipinski definition) is 11. The van der Waals surface area contributed by atoms with Crippen molar-refractivity contribution in [3.05, 3.63) is 0 Å². The highest BCUT2D eigenvalue weighted by Crippen LogP contribution is 2.47. The van der Waals surface area contributed by atoms with Crippen LogP contribution in [-0.2, 0) is 51.7 Å². The topological polar surface area (TPSA) is 153 Å². The summed E-state index contributed by atoms with van der Waals surface area (Å²) in [6, 6.07) is -0.890. The largest absolute Gasteiger partial charge is 0.463 e. The highest BCUT2D eigenvalue weighted by Gasteiger charge is 2.50. The molecule has 0 aromatic rings. The Morgan fingerprint density at radius 3 is 1.91 bits per heavy atom. The van der Waals surface area contributed by atoms with Crippen LogP contribution in [0.25, 0.3) is 0 Å². The van der Waals surface area contributed by atoms with Crippen LogP contribution in [0.2, 0.25) is 0 Å². The van der Waals surface area contributed by atoms with Gasteiger partial charge in [0.1, 0.15) is 12.7 Å². The fourth-order valence-electron chi connectivity index (χ4n) is 3.41. The fourth-order valence-corrected chi connectivity index (χ4v) is 4.50. The van der Waals surface area contributed by atoms with Gasteiger partial charge < -0.3 is 33.3 Å². The van der Waals surface area contributed by atoms with Crippen molar-refractivity contribution in [3.63, 3.8) is 0 Å². The number of rotatable bonds is 11. The smallest absolute Gasteiger partial charge is 0.330 e. The van der Waals surface area contributed by atoms with E-state index in [1.54, 1.807) is 0 Å². The second-order valence-corrected chi connectivity index (χ2v) is 9.63. The van der Waals surface area contributed by atoms with Crippen LogP contribution in [0.15, 0.2) is 0 Å². The first-order valence-electron chi connectivity index (χ1n) is 10.0. The van der Waals surface area contributed by atoms with Gasteiger partial charge in [0.15, 0.2) is 12.2 Å². The van der Waals surface area contributed by atoms with E-state index in [1.165, 1.54) is 41.9 Å². The lowest BCUT2D eigenvalue weighted by atomic mass is 9.90. The minimum atomic E-state index is -3.27. The van der Waals surface area contributed by atoms with E-state index in [0.717, 1.165) is 0 Å². The Balaban J connectivity index is 3.23. The first kappa shape index (κ1) is 28.0. The first-order chi connectivity index (χ1) is 14.9. The van der Waals surface area contributed by atoms with Gasteiger partial charge in [0, 0.05) is 41.9 Å². The summed E-state index contributed by atoms with van der Waals surface area (Å²) in [7, 11) is -0.723. The van der Waals surface area contributed by atoms with E-state index in [4.69, 9.17) is 28.0 Å². The van der Waals surface area contributed by atoms with Crippen LogP contribution in [0.4, 0.5) is 0 Å². The maximum absolute atomic E-state index is 12.3. The summed E-state index contributed by atoms with van der Waals surface area (Å²) in [5.41, 5.74) is 0. The Morgan fingerprint density at radius 2 is 1.44 bits per heavy atom. The molecule has 1 heterocycles. The lowest BCUT2D eigenvalue weighted by Gasteiger charge is -2.45. The molecule has 13 heteroatoms. The highest BCUT2D eigenvalue weighted by atomic mass is 31.2. The summed E-state index contributed by atoms with van der Waals surface area (Å²) >= 11 is 0. The van der Waals surface area contributed by atoms with E-state index in [-0.39, 0.29) is 19.2 Å². The highest BCUT2D eigenvalue weighted by molar-refractivity contribution is 7.53. The summed E-state index contributed by atoms with van der Waals surface area (Å²) in [5.74, 6) is -2.36. The van der Waals surface area contributed by atoms with Crippen molar-refractivity contribution in [2.75, 3.05) is 27.0 Å². The molecule has 0 saturated carbocycles. The lowest BCUT2D eigenvalue weighted by Crippen LogP contribution is -2.66. The van der Waals surface area contributed by atoms with Crippen molar-refractivity contribution in [2.45, 2.75) is 71.0 Å². The fraction of sp³-hybridized carbons (Fsp3) is 0.789. The number of carbonyl (C=O) groups excluding carboxylic acids is 4. The van der Waals surface area contributed by atoms with Gasteiger partial charge in [0.05, 0.1) is 18.3 Å². The molecule has 1 fully saturated rings. The Bertz CT molecular complexity index is 720. The van der Waals surface area contributed by atoms with Crippen LogP contribution in [0.1, 0.15) is 40.5 Å². The predicted molar refractivity (Wildman–Crippen MR) is 110 cm³/mol. The monoisotopic (exact) mass is 481 g/mol. The average Bonchev–Trinajstić information content (AvgIpc) is 2.69. The molecular formula is C19H32NO11P. The number of esters is 3. The zero-order valence-corrected chi connectivity index (χ0v) is 20.0. The predicted octanol–water partition coefficient (Wildman–Crippen LogP) is 0.951. The minimum absolute atomic E-state index is 0.0763. The van der Waals surface area contributed by atoms with E-state index in [9.17, 15) is 23.7 Å². The number of ether oxygens (including phenoxy) is 4. The van der Waals surface area contributed by atoms with Gasteiger partial charge in [-0.2, -0.15) is 0 Å². The molecule has 1 aliphatic rings. The molecule has 1 N–H and O–H groups in total. The Labute approximate surface area is 187 Å². The Hall–Kier alpha value is -2.01. The van der Waals surface area contributed by atoms with Crippen molar-refractivity contribution in [1.29, 1.82) is 0 Å². The third kappa shape index (κ3) is 8.85. The molecule has 32 heavy (non-hydrogen) atoms. The molecule has 0 radical (unpaired) electrons. The molecule has 184 valence electrons. The quantitative estimate of drug-likeness (QED) is 0.255. The van der Waals surface area contributed by atoms with Gasteiger partial charge in [-0.3, -0.25) is 23.7 Å². The van der Waals surface area contributed by atoms with Gasteiger partial charge >= 0.3 is 25.5 Å². The van der Waals surface area contributed by atoms with E-state index >= 15 is 0 Å². The molecule has 1 rings (SSSR count). The molecule has 0 aromatic heterocycles. The van der Waals surface area contributed by atoms with Crippen molar-refractivity contribution >= 4 is 31.4 Å². The zero-order valence-electron chi connectivity index (χ0n) is 19.2. The van der Waals surface area contributed by atoms with Crippen LogP contribution in [0.3, 0.4) is 0 Å². The van der Waals surface area contributed by atoms with Crippen LogP contribution in [0, 0.1) is 0 Å². The Morgan fingerprint density at radius 1 is 0.875 bits per heavy atom. The SMILES string of the molecule is COP(=O)(CCC[C@H]1O[C@H](COC(C)=O)[C@@H](OC(C)=O)[C@H](OC(C)=O)[C@H]1NC(C)=O)OC. The van der Waals surface area contributed by atoms with Crippen molar-refractivity contribution in [3.8, 4) is 0 Å². The molecule has 1 saturated heterocycles. The lowest BCUT2D eigenvalue weighted by molar-refractivity contribution is -0.224. The normalized spacial score (nSPS) is 25.5. The maximum Gasteiger partial charge on any atom is 0.330 e. The number of carbonyl (C=O) groups is 4. The van der Waals surface area contributed by atoms with Crippen molar-refractivity contribution < 1.29 is 51.7 Å². The van der Waals surface area contributed by atoms with Crippen LogP contribution in [0.5, 0.6) is 0 Å². The van der Waals surface area contributed by atoms with Crippen LogP contribution in [-0.4, -0.2) is 81.3 Å². The summed E-state index contributed by atoms with van der Waals surface area (Å²) in [6.45, 7) is 4.55. The van der Waals surface area contributed by atoms with Gasteiger partial charge in [-0.1, -0.05) is 0 Å². The average molecular weight is 481 g/mol. The minimum Gasteiger partial charge on any atom is -0.463 e. The maximum atomic E-state index is 12.3. The van der Waals surface area contributed by atoms with Crippen LogP contribution < -0.4 is 5.32 Å². The van der Waals surface area contributed by atoms with E-state index < -0.39 is 61.9 Å². The van der Waals surface area contributed by atoms with E-state index in [0.29, 0.717) is 6.42 Å². The molecule has 1 amide bonds. The summed E-state index contributed by atoms with van der Waals surface area (Å²) < 4.78 is 44.0. The van der Waals surface area contributed by atoms with E-state index in [1.807, 2.05) is 0 Å². The zero-order chi connectivity index (χ0) is 24.5. The number of amides is 1. The van der Waals surface area contributed by atoms with Gasteiger partial charge in [-0.05, 0) is 12.8 Å². The molecule has 0 bridgehead atoms. The van der Waals surface area contributed by atoms with Crippen LogP contribution >= 0.6 is 7.60 Å². The van der Waals surface area contributed by atoms with Gasteiger partial charge in [0.25, 0.3) is 0 Å². The summed E-state index contributed by atoms with van der Waals surface area (Å²) in [4.78, 5) is 46.7. The first-order valence-corrected chi connectivity index (χ1v) is 11.8. The Kier molecular flexibility index (Phi) is 11.3. The molecule has 0 aliphatic carbocycles. The molecule has 0 aromatic carbocycles. The van der Waals surface area contributed by atoms with Gasteiger partial charge in [-0.15, -0.1) is 0 Å². The standard InChI is InChI=1S/C19H32NO11P/c1-11(21)20-17-15(8-7-9-32(25,26-5)27-6)31-16(10-28-12(2)22)18(29-13(3)23)19(17)30-14(4)24/h15-19H,7-10H2,1-6H3,(H,20,21)/t15-,16-,17+,18-,19-/m1/s1. The summed E-state index contributed by atoms with van der Waals surface area (Å²) in [6.07, 6.45) is -3.35. The van der Waals surface area contributed by atoms with E-state index in [2.05, 4.69) is 5.32 Å². The molecular weight excluding hydrogens is 449 g/mol. The number of nitrogens with one attached hydrogen (secondary N) is 1. The second-order valence-electron chi connectivity index (χ2n) is 7.23. The van der Waals surface area contributed by atoms with Crippen molar-refractivity contribution in [1.82, 2.24) is 5.32 Å². The third-order valence-corrected chi connectivity index (χ3v) is 6.67. The van der Waals surface area contributed by atoms with Gasteiger partial charge in [0.2, 0.25) is 5.91 Å². The second kappa shape index (κ2) is 12.9. The number of hydrogen-bond donors (Lipinski definition) is 1. The molecule has 0 unspecified atom stereocenters. The van der Waals surface area contributed by atoms with Crippen molar-refractivity contribution in [2.24, 2.45) is 0 Å². The molecule has 0 spiro atoms. The third-order valence-electron chi connectivity index (χ3n) is 4.70.